The van der Waals surface area contributed by atoms with Crippen LogP contribution in [0.15, 0.2) is 139 Å². The Labute approximate surface area is 448 Å². The van der Waals surface area contributed by atoms with E-state index in [1.807, 2.05) is 0 Å². The van der Waals surface area contributed by atoms with Gasteiger partial charge in [0.1, 0.15) is 0 Å². The average Bonchev–Trinajstić information content (AvgIpc) is 3.79. The largest absolute Gasteiger partial charge is 1.00 e. The van der Waals surface area contributed by atoms with Gasteiger partial charge in [-0.3, -0.25) is 6.08 Å². The van der Waals surface area contributed by atoms with Crippen molar-refractivity contribution in [3.63, 3.8) is 0 Å². The van der Waals surface area contributed by atoms with E-state index in [1.165, 1.54) is 81.0 Å². The van der Waals surface area contributed by atoms with Gasteiger partial charge in [0, 0.05) is 10.8 Å². The van der Waals surface area contributed by atoms with E-state index in [9.17, 15) is 0 Å². The Morgan fingerprint density at radius 1 is 0.609 bits per heavy atom. The Morgan fingerprint density at radius 2 is 1.04 bits per heavy atom. The summed E-state index contributed by atoms with van der Waals surface area (Å²) in [6, 6.07) is 18.1. The van der Waals surface area contributed by atoms with Crippen molar-refractivity contribution in [2.45, 2.75) is 147 Å². The minimum absolute atomic E-state index is 0. The summed E-state index contributed by atoms with van der Waals surface area (Å²) in [5.41, 5.74) is 9.29. The molecule has 6 saturated carbocycles. The van der Waals surface area contributed by atoms with Gasteiger partial charge in [-0.2, -0.15) is 11.6 Å². The monoisotopic (exact) mass is 1040 g/mol. The molecule has 9 atom stereocenters. The van der Waals surface area contributed by atoms with Gasteiger partial charge in [0.15, 0.2) is 0 Å². The van der Waals surface area contributed by atoms with E-state index >= 15 is 0 Å². The van der Waals surface area contributed by atoms with Crippen LogP contribution in [-0.2, 0) is 35.1 Å². The smallest absolute Gasteiger partial charge is 0.00455 e. The van der Waals surface area contributed by atoms with Gasteiger partial charge < -0.3 is 31.2 Å². The van der Waals surface area contributed by atoms with Gasteiger partial charge in [0.05, 0.1) is 0 Å². The molecule has 69 heavy (non-hydrogen) atoms. The summed E-state index contributed by atoms with van der Waals surface area (Å²) in [6.45, 7) is 36.1. The molecule has 2 aromatic rings. The molecular formula is C66H84Cl2Zr-2. The van der Waals surface area contributed by atoms with E-state index in [2.05, 4.69) is 244 Å². The molecule has 12 rings (SSSR count). The molecule has 0 heterocycles. The molecule has 368 valence electrons. The third kappa shape index (κ3) is 7.98. The molecule has 0 N–H and O–H groups in total. The number of hydrogen-bond acceptors (Lipinski definition) is 0. The molecule has 0 aliphatic heterocycles. The van der Waals surface area contributed by atoms with Crippen molar-refractivity contribution in [3.8, 4) is 0 Å². The SMILES string of the molecule is CC(C)(C)c1ccc([C](=[Zr+2])c2ccc(C(C)(C)C)cc2)cc1.CC1=CC=CC2[CH-]C3(C)C4(C)C=CC=CC4(C)C4(C)C=CC=CC4(C)C3(C)C12C.CC1[C-]=CC(C2C3CC4CC(C3)CC2C4)=C1.[Cl-].[Cl-]. The third-order valence-corrected chi connectivity index (χ3v) is 23.1. The molecule has 0 nitrogen and oxygen atoms in total. The van der Waals surface area contributed by atoms with Gasteiger partial charge >= 0.3 is 151 Å². The normalized spacial score (nSPS) is 41.1. The summed E-state index contributed by atoms with van der Waals surface area (Å²) in [4.78, 5) is 0. The van der Waals surface area contributed by atoms with Crippen LogP contribution in [0.3, 0.4) is 0 Å². The second-order valence-corrected chi connectivity index (χ2v) is 27.7. The maximum absolute atomic E-state index is 3.46. The molecule has 0 radical (unpaired) electrons. The van der Waals surface area contributed by atoms with Crippen molar-refractivity contribution < 1.29 is 49.0 Å². The molecule has 9 unspecified atom stereocenters. The summed E-state index contributed by atoms with van der Waals surface area (Å²) in [6.07, 6.45) is 45.2. The number of hydrogen-bond donors (Lipinski definition) is 0. The molecule has 0 spiro atoms. The minimum Gasteiger partial charge on any atom is -1.00 e. The van der Waals surface area contributed by atoms with Crippen molar-refractivity contribution in [2.75, 3.05) is 0 Å². The van der Waals surface area contributed by atoms with E-state index < -0.39 is 0 Å². The summed E-state index contributed by atoms with van der Waals surface area (Å²) in [7, 11) is 0. The van der Waals surface area contributed by atoms with Crippen molar-refractivity contribution in [1.29, 1.82) is 0 Å². The first kappa shape index (κ1) is 54.5. The predicted molar refractivity (Wildman–Crippen MR) is 283 cm³/mol. The Bertz CT molecular complexity index is 2440. The maximum atomic E-state index is 3.46. The summed E-state index contributed by atoms with van der Waals surface area (Å²) in [5, 5.41) is 0. The van der Waals surface area contributed by atoms with Gasteiger partial charge in [-0.15, -0.1) is 17.4 Å². The zero-order chi connectivity index (χ0) is 48.4. The zero-order valence-electron chi connectivity index (χ0n) is 45.0. The van der Waals surface area contributed by atoms with E-state index in [0.717, 1.165) is 29.6 Å². The van der Waals surface area contributed by atoms with Crippen molar-refractivity contribution >= 4 is 3.21 Å². The molecule has 4 bridgehead atoms. The van der Waals surface area contributed by atoms with Gasteiger partial charge in [-0.05, 0) is 84.4 Å². The topological polar surface area (TPSA) is 0 Å². The van der Waals surface area contributed by atoms with E-state index in [4.69, 9.17) is 0 Å². The number of allylic oxidation sites excluding steroid dienone is 16. The van der Waals surface area contributed by atoms with Crippen LogP contribution >= 0.6 is 0 Å². The van der Waals surface area contributed by atoms with Crippen molar-refractivity contribution in [1.82, 2.24) is 0 Å². The molecular weight excluding hydrogens is 955 g/mol. The van der Waals surface area contributed by atoms with E-state index in [-0.39, 0.29) is 73.5 Å². The summed E-state index contributed by atoms with van der Waals surface area (Å²) >= 11 is 1.46. The number of benzene rings is 2. The fourth-order valence-electron chi connectivity index (χ4n) is 17.0. The first-order valence-corrected chi connectivity index (χ1v) is 27.6. The first-order chi connectivity index (χ1) is 31.3. The fraction of sp³-hybridized carbons (Fsp3) is 0.545. The Hall–Kier alpha value is -2.31. The van der Waals surface area contributed by atoms with Gasteiger partial charge in [0.25, 0.3) is 0 Å². The molecule has 0 aromatic heterocycles. The van der Waals surface area contributed by atoms with Crippen molar-refractivity contribution in [3.05, 3.63) is 173 Å². The first-order valence-electron chi connectivity index (χ1n) is 26.4. The fourth-order valence-corrected chi connectivity index (χ4v) is 17.8. The number of halogens is 2. The zero-order valence-corrected chi connectivity index (χ0v) is 49.0. The predicted octanol–water partition coefficient (Wildman–Crippen LogP) is 11.0. The molecule has 0 amide bonds. The number of fused-ring (bicyclic) bond motifs is 8. The Kier molecular flexibility index (Phi) is 14.7. The van der Waals surface area contributed by atoms with Crippen LogP contribution in [0, 0.1) is 91.8 Å². The minimum atomic E-state index is 0. The Morgan fingerprint density at radius 3 is 1.48 bits per heavy atom. The van der Waals surface area contributed by atoms with Crippen LogP contribution in [-0.4, -0.2) is 3.21 Å². The molecule has 6 fully saturated rings. The van der Waals surface area contributed by atoms with Crippen LogP contribution in [0.5, 0.6) is 0 Å². The molecule has 2 aromatic carbocycles. The second kappa shape index (κ2) is 18.6. The third-order valence-electron chi connectivity index (χ3n) is 21.7. The molecule has 0 saturated heterocycles. The average molecular weight is 1040 g/mol. The van der Waals surface area contributed by atoms with Crippen LogP contribution in [0.1, 0.15) is 158 Å². The summed E-state index contributed by atoms with van der Waals surface area (Å²) in [5.74, 6) is 6.23. The van der Waals surface area contributed by atoms with Crippen LogP contribution in [0.2, 0.25) is 0 Å². The quantitative estimate of drug-likeness (QED) is 0.269. The Balaban J connectivity index is 0.000000157. The van der Waals surface area contributed by atoms with Crippen molar-refractivity contribution in [2.24, 2.45) is 79.3 Å². The van der Waals surface area contributed by atoms with E-state index in [0.29, 0.717) is 11.8 Å². The van der Waals surface area contributed by atoms with Gasteiger partial charge in [-0.25, -0.2) is 6.08 Å². The van der Waals surface area contributed by atoms with Crippen LogP contribution in [0.25, 0.3) is 0 Å². The maximum Gasteiger partial charge on any atom is 0.00455 e. The second-order valence-electron chi connectivity index (χ2n) is 26.5. The molecule has 10 aliphatic carbocycles. The van der Waals surface area contributed by atoms with Gasteiger partial charge in [-0.1, -0.05) is 134 Å². The summed E-state index contributed by atoms with van der Waals surface area (Å²) < 4.78 is 1.42. The van der Waals surface area contributed by atoms with Gasteiger partial charge in [0.2, 0.25) is 0 Å². The molecule has 3 heteroatoms. The van der Waals surface area contributed by atoms with E-state index in [1.54, 1.807) is 12.0 Å². The molecule has 10 aliphatic rings. The van der Waals surface area contributed by atoms with Crippen LogP contribution < -0.4 is 24.8 Å². The van der Waals surface area contributed by atoms with Crippen LogP contribution in [0.4, 0.5) is 0 Å². The number of rotatable bonds is 3. The standard InChI is InChI=1S/C29H37.C21H26.C16H21.2ClH.Zr/c1-21-14-13-15-22-20-27(6)25(4)18-10-9-16-23(25,2)24(3)17-11-12-19-26(24,5)29(27,8)28(21,22)7;1-20(2,3)18-11-7-16(8-12-18)15-17-9-13-19(14-10-17)21(4,5)6;1-10-2-3-13(4-10)16-14-6-11-5-12(8-14)9-15(16)7-11;;;/h9-20,22H,1-8H3;7-14H,1-6H3;3-4,10-12,14-16H,5-9H2,1H3;2*1H;/q-1;;-1;;;+2/p-2.